The first kappa shape index (κ1) is 18.5. The minimum atomic E-state index is -0.620. The molecule has 126 valence electrons. The third kappa shape index (κ3) is 5.65. The first-order valence-corrected chi connectivity index (χ1v) is 8.76. The summed E-state index contributed by atoms with van der Waals surface area (Å²) in [6, 6.07) is 12.9. The average molecular weight is 410 g/mol. The van der Waals surface area contributed by atoms with Gasteiger partial charge in [-0.05, 0) is 55.2 Å². The lowest BCUT2D eigenvalue weighted by Gasteiger charge is -2.08. The van der Waals surface area contributed by atoms with E-state index in [9.17, 15) is 9.59 Å². The van der Waals surface area contributed by atoms with Crippen molar-refractivity contribution in [2.24, 2.45) is 5.73 Å². The van der Waals surface area contributed by atoms with Crippen LogP contribution in [0.3, 0.4) is 0 Å². The highest BCUT2D eigenvalue weighted by Crippen LogP contribution is 2.20. The molecule has 0 saturated heterocycles. The van der Waals surface area contributed by atoms with Crippen LogP contribution in [0.25, 0.3) is 0 Å². The summed E-state index contributed by atoms with van der Waals surface area (Å²) >= 11 is 9.29. The molecular formula is C18H18BrClN2O2. The van der Waals surface area contributed by atoms with Crippen LogP contribution in [-0.4, -0.2) is 11.8 Å². The smallest absolute Gasteiger partial charge is 0.250 e. The fraction of sp³-hybridized carbons (Fsp3) is 0.222. The maximum Gasteiger partial charge on any atom is 0.250 e. The fourth-order valence-corrected chi connectivity index (χ4v) is 2.76. The van der Waals surface area contributed by atoms with E-state index in [0.29, 0.717) is 12.1 Å². The van der Waals surface area contributed by atoms with Crippen LogP contribution in [0.15, 0.2) is 46.9 Å². The largest absolute Gasteiger partial charge is 0.366 e. The molecule has 0 bridgehead atoms. The van der Waals surface area contributed by atoms with Crippen LogP contribution in [0.1, 0.15) is 35.2 Å². The number of carbonyl (C=O) groups is 2. The van der Waals surface area contributed by atoms with Gasteiger partial charge in [-0.1, -0.05) is 39.7 Å². The minimum Gasteiger partial charge on any atom is -0.366 e. The number of nitrogens with one attached hydrogen (secondary N) is 1. The molecule has 0 aliphatic heterocycles. The van der Waals surface area contributed by atoms with Crippen molar-refractivity contribution in [1.29, 1.82) is 0 Å². The molecule has 0 saturated carbocycles. The molecule has 24 heavy (non-hydrogen) atoms. The maximum atomic E-state index is 12.0. The SMILES string of the molecule is NC(=O)c1cc(NC(=O)CCCCc2ccc(Br)cc2)ccc1Cl. The highest BCUT2D eigenvalue weighted by Gasteiger charge is 2.09. The van der Waals surface area contributed by atoms with Gasteiger partial charge in [0.25, 0.3) is 0 Å². The Bertz CT molecular complexity index is 732. The standard InChI is InChI=1S/C18H18BrClN2O2/c19-13-7-5-12(6-8-13)3-1-2-4-17(23)22-14-9-10-16(20)15(11-14)18(21)24/h5-11H,1-4H2,(H2,21,24)(H,22,23). The fourth-order valence-electron chi connectivity index (χ4n) is 2.28. The minimum absolute atomic E-state index is 0.0939. The molecule has 4 nitrogen and oxygen atoms in total. The molecule has 3 N–H and O–H groups in total. The second-order valence-electron chi connectivity index (χ2n) is 5.44. The summed E-state index contributed by atoms with van der Waals surface area (Å²) in [5.74, 6) is -0.714. The Balaban J connectivity index is 1.78. The van der Waals surface area contributed by atoms with E-state index in [-0.39, 0.29) is 16.5 Å². The number of anilines is 1. The van der Waals surface area contributed by atoms with Gasteiger partial charge >= 0.3 is 0 Å². The van der Waals surface area contributed by atoms with Crippen LogP contribution in [-0.2, 0) is 11.2 Å². The number of amides is 2. The van der Waals surface area contributed by atoms with Gasteiger partial charge in [-0.3, -0.25) is 9.59 Å². The molecule has 0 heterocycles. The zero-order chi connectivity index (χ0) is 17.5. The Morgan fingerprint density at radius 1 is 1.08 bits per heavy atom. The quantitative estimate of drug-likeness (QED) is 0.658. The molecule has 0 atom stereocenters. The zero-order valence-corrected chi connectivity index (χ0v) is 15.4. The molecule has 6 heteroatoms. The van der Waals surface area contributed by atoms with Gasteiger partial charge in [0.15, 0.2) is 0 Å². The van der Waals surface area contributed by atoms with Gasteiger partial charge in [0.05, 0.1) is 10.6 Å². The molecule has 0 spiro atoms. The van der Waals surface area contributed by atoms with Crippen LogP contribution < -0.4 is 11.1 Å². The van der Waals surface area contributed by atoms with Gasteiger partial charge in [-0.2, -0.15) is 0 Å². The van der Waals surface area contributed by atoms with Crippen molar-refractivity contribution >= 4 is 45.0 Å². The van der Waals surface area contributed by atoms with Gasteiger partial charge < -0.3 is 11.1 Å². The maximum absolute atomic E-state index is 12.0. The summed E-state index contributed by atoms with van der Waals surface area (Å²) in [6.45, 7) is 0. The summed E-state index contributed by atoms with van der Waals surface area (Å²) < 4.78 is 1.06. The molecule has 2 rings (SSSR count). The number of hydrogen-bond acceptors (Lipinski definition) is 2. The molecule has 0 aromatic heterocycles. The van der Waals surface area contributed by atoms with Crippen LogP contribution in [0.4, 0.5) is 5.69 Å². The molecule has 0 unspecified atom stereocenters. The highest BCUT2D eigenvalue weighted by molar-refractivity contribution is 9.10. The van der Waals surface area contributed by atoms with Crippen LogP contribution in [0.2, 0.25) is 5.02 Å². The van der Waals surface area contributed by atoms with E-state index < -0.39 is 5.91 Å². The Kier molecular flexibility index (Phi) is 6.82. The Hall–Kier alpha value is -1.85. The lowest BCUT2D eigenvalue weighted by atomic mass is 10.1. The van der Waals surface area contributed by atoms with Crippen LogP contribution in [0, 0.1) is 0 Å². The molecule has 0 aliphatic carbocycles. The second kappa shape index (κ2) is 8.85. The molecule has 0 radical (unpaired) electrons. The van der Waals surface area contributed by atoms with Crippen molar-refractivity contribution in [1.82, 2.24) is 0 Å². The van der Waals surface area contributed by atoms with Gasteiger partial charge in [0.1, 0.15) is 0 Å². The Morgan fingerprint density at radius 2 is 1.79 bits per heavy atom. The lowest BCUT2D eigenvalue weighted by Crippen LogP contribution is -2.14. The van der Waals surface area contributed by atoms with Gasteiger partial charge in [-0.15, -0.1) is 0 Å². The van der Waals surface area contributed by atoms with Crippen molar-refractivity contribution in [3.8, 4) is 0 Å². The number of carbonyl (C=O) groups excluding carboxylic acids is 2. The van der Waals surface area contributed by atoms with E-state index >= 15 is 0 Å². The second-order valence-corrected chi connectivity index (χ2v) is 6.76. The van der Waals surface area contributed by atoms with E-state index in [1.54, 1.807) is 12.1 Å². The summed E-state index contributed by atoms with van der Waals surface area (Å²) in [7, 11) is 0. The summed E-state index contributed by atoms with van der Waals surface area (Å²) in [5, 5.41) is 3.03. The summed E-state index contributed by atoms with van der Waals surface area (Å²) in [5.41, 5.74) is 7.21. The first-order valence-electron chi connectivity index (χ1n) is 7.59. The van der Waals surface area contributed by atoms with E-state index in [4.69, 9.17) is 17.3 Å². The number of hydrogen-bond donors (Lipinski definition) is 2. The summed E-state index contributed by atoms with van der Waals surface area (Å²) in [4.78, 5) is 23.2. The van der Waals surface area contributed by atoms with Crippen molar-refractivity contribution in [2.45, 2.75) is 25.7 Å². The Morgan fingerprint density at radius 3 is 2.46 bits per heavy atom. The third-order valence-corrected chi connectivity index (χ3v) is 4.41. The third-order valence-electron chi connectivity index (χ3n) is 3.55. The summed E-state index contributed by atoms with van der Waals surface area (Å²) in [6.07, 6.45) is 3.08. The number of aryl methyl sites for hydroxylation is 1. The van der Waals surface area contributed by atoms with Crippen molar-refractivity contribution in [3.05, 3.63) is 63.1 Å². The van der Waals surface area contributed by atoms with Crippen LogP contribution >= 0.6 is 27.5 Å². The number of rotatable bonds is 7. The molecule has 0 fully saturated rings. The average Bonchev–Trinajstić information content (AvgIpc) is 2.55. The molecular weight excluding hydrogens is 392 g/mol. The van der Waals surface area contributed by atoms with Crippen LogP contribution in [0.5, 0.6) is 0 Å². The Labute approximate surface area is 154 Å². The van der Waals surface area contributed by atoms with Gasteiger partial charge in [-0.25, -0.2) is 0 Å². The monoisotopic (exact) mass is 408 g/mol. The molecule has 0 aliphatic rings. The number of unbranched alkanes of at least 4 members (excludes halogenated alkanes) is 1. The molecule has 2 aromatic rings. The predicted octanol–water partition coefficient (Wildman–Crippen LogP) is 4.55. The normalized spacial score (nSPS) is 10.4. The van der Waals surface area contributed by atoms with Gasteiger partial charge in [0, 0.05) is 16.6 Å². The van der Waals surface area contributed by atoms with E-state index in [1.165, 1.54) is 11.6 Å². The molecule has 2 amide bonds. The predicted molar refractivity (Wildman–Crippen MR) is 100 cm³/mol. The van der Waals surface area contributed by atoms with Crippen molar-refractivity contribution in [2.75, 3.05) is 5.32 Å². The van der Waals surface area contributed by atoms with Crippen molar-refractivity contribution in [3.63, 3.8) is 0 Å². The lowest BCUT2D eigenvalue weighted by molar-refractivity contribution is -0.116. The van der Waals surface area contributed by atoms with E-state index in [0.717, 1.165) is 23.7 Å². The number of nitrogens with two attached hydrogens (primary N) is 1. The van der Waals surface area contributed by atoms with E-state index in [2.05, 4.69) is 33.4 Å². The topological polar surface area (TPSA) is 72.2 Å². The van der Waals surface area contributed by atoms with E-state index in [1.807, 2.05) is 12.1 Å². The number of primary amides is 1. The number of benzene rings is 2. The van der Waals surface area contributed by atoms with Gasteiger partial charge in [0.2, 0.25) is 11.8 Å². The first-order chi connectivity index (χ1) is 11.5. The zero-order valence-electron chi connectivity index (χ0n) is 13.0. The molecule has 2 aromatic carbocycles. The number of halogens is 2. The van der Waals surface area contributed by atoms with Crippen molar-refractivity contribution < 1.29 is 9.59 Å². The highest BCUT2D eigenvalue weighted by atomic mass is 79.9.